The van der Waals surface area contributed by atoms with Crippen LogP contribution in [0, 0.1) is 0 Å². The van der Waals surface area contributed by atoms with Gasteiger partial charge in [0.1, 0.15) is 6.23 Å². The van der Waals surface area contributed by atoms with Gasteiger partial charge in [-0.25, -0.2) is 0 Å². The molecule has 0 aliphatic carbocycles. The molecule has 22 heavy (non-hydrogen) atoms. The van der Waals surface area contributed by atoms with E-state index in [0.717, 1.165) is 13.1 Å². The van der Waals surface area contributed by atoms with Crippen LogP contribution in [0.5, 0.6) is 0 Å². The minimum Gasteiger partial charge on any atom is -0.379 e. The van der Waals surface area contributed by atoms with E-state index in [2.05, 4.69) is 12.2 Å². The predicted octanol–water partition coefficient (Wildman–Crippen LogP) is 4.72. The van der Waals surface area contributed by atoms with Crippen LogP contribution < -0.4 is 11.1 Å². The lowest BCUT2D eigenvalue weighted by atomic mass is 10.0. The van der Waals surface area contributed by atoms with Gasteiger partial charge in [0.25, 0.3) is 0 Å². The Kier molecular flexibility index (Phi) is 18.8. The molecule has 0 saturated heterocycles. The molecule has 0 aliphatic heterocycles. The summed E-state index contributed by atoms with van der Waals surface area (Å²) >= 11 is 0. The second-order valence-corrected chi connectivity index (χ2v) is 6.70. The molecule has 134 valence electrons. The van der Waals surface area contributed by atoms with Crippen molar-refractivity contribution in [1.29, 1.82) is 0 Å². The molecule has 1 unspecified atom stereocenters. The first-order valence-corrected chi connectivity index (χ1v) is 9.91. The zero-order valence-corrected chi connectivity index (χ0v) is 15.1. The Labute approximate surface area is 139 Å². The summed E-state index contributed by atoms with van der Waals surface area (Å²) in [6.45, 7) is 4.17. The van der Waals surface area contributed by atoms with E-state index in [4.69, 9.17) is 10.8 Å². The first-order valence-electron chi connectivity index (χ1n) is 9.91. The standard InChI is InChI=1S/C19H42N2O/c1-2-3-4-5-6-7-8-9-10-11-12-13-14-15-17-21-18-16-19(20)22/h19,21-22H,2-18,20H2,1H3. The van der Waals surface area contributed by atoms with Gasteiger partial charge < -0.3 is 16.2 Å². The zero-order chi connectivity index (χ0) is 16.3. The highest BCUT2D eigenvalue weighted by Crippen LogP contribution is 2.12. The lowest BCUT2D eigenvalue weighted by Crippen LogP contribution is -2.26. The molecule has 0 aromatic heterocycles. The fourth-order valence-corrected chi connectivity index (χ4v) is 2.82. The van der Waals surface area contributed by atoms with Gasteiger partial charge >= 0.3 is 0 Å². The molecule has 0 aromatic carbocycles. The zero-order valence-electron chi connectivity index (χ0n) is 15.1. The Bertz CT molecular complexity index is 198. The van der Waals surface area contributed by atoms with E-state index in [0.29, 0.717) is 6.42 Å². The highest BCUT2D eigenvalue weighted by atomic mass is 16.3. The van der Waals surface area contributed by atoms with E-state index in [1.54, 1.807) is 0 Å². The molecular weight excluding hydrogens is 272 g/mol. The topological polar surface area (TPSA) is 58.3 Å². The van der Waals surface area contributed by atoms with Gasteiger partial charge in [-0.1, -0.05) is 90.4 Å². The summed E-state index contributed by atoms with van der Waals surface area (Å²) in [5.74, 6) is 0. The molecule has 0 spiro atoms. The van der Waals surface area contributed by atoms with Gasteiger partial charge in [0, 0.05) is 0 Å². The third kappa shape index (κ3) is 19.9. The van der Waals surface area contributed by atoms with E-state index < -0.39 is 6.23 Å². The van der Waals surface area contributed by atoms with Crippen molar-refractivity contribution >= 4 is 0 Å². The lowest BCUT2D eigenvalue weighted by molar-refractivity contribution is 0.171. The van der Waals surface area contributed by atoms with Gasteiger partial charge in [0.05, 0.1) is 0 Å². The number of unbranched alkanes of at least 4 members (excludes halogenated alkanes) is 13. The Morgan fingerprint density at radius 2 is 1.09 bits per heavy atom. The average molecular weight is 315 g/mol. The Hall–Kier alpha value is -0.120. The second kappa shape index (κ2) is 18.9. The SMILES string of the molecule is CCCCCCCCCCCCCCCCNCCC(N)O. The maximum absolute atomic E-state index is 8.92. The van der Waals surface area contributed by atoms with Gasteiger partial charge in [0.2, 0.25) is 0 Å². The quantitative estimate of drug-likeness (QED) is 0.253. The van der Waals surface area contributed by atoms with Crippen molar-refractivity contribution in [3.63, 3.8) is 0 Å². The number of nitrogens with one attached hydrogen (secondary N) is 1. The van der Waals surface area contributed by atoms with Crippen LogP contribution in [0.3, 0.4) is 0 Å². The molecule has 0 saturated carbocycles. The molecule has 0 bridgehead atoms. The number of hydrogen-bond acceptors (Lipinski definition) is 3. The summed E-state index contributed by atoms with van der Waals surface area (Å²) in [6, 6.07) is 0. The van der Waals surface area contributed by atoms with Crippen molar-refractivity contribution in [1.82, 2.24) is 5.32 Å². The summed E-state index contributed by atoms with van der Waals surface area (Å²) < 4.78 is 0. The van der Waals surface area contributed by atoms with Crippen LogP contribution in [0.1, 0.15) is 103 Å². The minimum atomic E-state index is -0.663. The first kappa shape index (κ1) is 21.9. The van der Waals surface area contributed by atoms with Crippen molar-refractivity contribution in [2.75, 3.05) is 13.1 Å². The molecule has 0 amide bonds. The van der Waals surface area contributed by atoms with Gasteiger partial charge in [-0.15, -0.1) is 0 Å². The Morgan fingerprint density at radius 1 is 0.682 bits per heavy atom. The maximum Gasteiger partial charge on any atom is 0.103 e. The largest absolute Gasteiger partial charge is 0.379 e. The predicted molar refractivity (Wildman–Crippen MR) is 98.0 cm³/mol. The van der Waals surface area contributed by atoms with Crippen LogP contribution in [0.15, 0.2) is 0 Å². The normalized spacial score (nSPS) is 12.7. The summed E-state index contributed by atoms with van der Waals surface area (Å²) in [6.07, 6.45) is 19.7. The van der Waals surface area contributed by atoms with Crippen LogP contribution >= 0.6 is 0 Å². The third-order valence-corrected chi connectivity index (χ3v) is 4.32. The lowest BCUT2D eigenvalue weighted by Gasteiger charge is -2.06. The minimum absolute atomic E-state index is 0.651. The third-order valence-electron chi connectivity index (χ3n) is 4.32. The average Bonchev–Trinajstić information content (AvgIpc) is 2.50. The van der Waals surface area contributed by atoms with Gasteiger partial charge in [-0.2, -0.15) is 0 Å². The monoisotopic (exact) mass is 314 g/mol. The molecule has 4 N–H and O–H groups in total. The van der Waals surface area contributed by atoms with Crippen LogP contribution in [0.2, 0.25) is 0 Å². The maximum atomic E-state index is 8.92. The molecule has 0 radical (unpaired) electrons. The van der Waals surface area contributed by atoms with E-state index in [1.807, 2.05) is 0 Å². The van der Waals surface area contributed by atoms with E-state index in [1.165, 1.54) is 89.9 Å². The molecular formula is C19H42N2O. The molecule has 0 heterocycles. The van der Waals surface area contributed by atoms with E-state index >= 15 is 0 Å². The van der Waals surface area contributed by atoms with Crippen LogP contribution in [-0.4, -0.2) is 24.4 Å². The number of aliphatic hydroxyl groups excluding tert-OH is 1. The number of hydrogen-bond donors (Lipinski definition) is 3. The summed E-state index contributed by atoms with van der Waals surface area (Å²) in [5, 5.41) is 12.2. The van der Waals surface area contributed by atoms with E-state index in [-0.39, 0.29) is 0 Å². The number of aliphatic hydroxyl groups is 1. The fraction of sp³-hybridized carbons (Fsp3) is 1.00. The first-order chi connectivity index (χ1) is 10.8. The fourth-order valence-electron chi connectivity index (χ4n) is 2.82. The number of nitrogens with two attached hydrogens (primary N) is 1. The van der Waals surface area contributed by atoms with Crippen LogP contribution in [0.25, 0.3) is 0 Å². The van der Waals surface area contributed by atoms with Crippen LogP contribution in [-0.2, 0) is 0 Å². The second-order valence-electron chi connectivity index (χ2n) is 6.70. The van der Waals surface area contributed by atoms with E-state index in [9.17, 15) is 0 Å². The number of rotatable bonds is 18. The molecule has 3 heteroatoms. The molecule has 0 aromatic rings. The molecule has 1 atom stereocenters. The van der Waals surface area contributed by atoms with Gasteiger partial charge in [-0.3, -0.25) is 0 Å². The van der Waals surface area contributed by atoms with Gasteiger partial charge in [0.15, 0.2) is 0 Å². The molecule has 0 fully saturated rings. The summed E-state index contributed by atoms with van der Waals surface area (Å²) in [7, 11) is 0. The van der Waals surface area contributed by atoms with Crippen molar-refractivity contribution in [3.05, 3.63) is 0 Å². The van der Waals surface area contributed by atoms with Crippen molar-refractivity contribution in [2.24, 2.45) is 5.73 Å². The molecule has 0 aliphatic rings. The summed E-state index contributed by atoms with van der Waals surface area (Å²) in [4.78, 5) is 0. The summed E-state index contributed by atoms with van der Waals surface area (Å²) in [5.41, 5.74) is 5.27. The van der Waals surface area contributed by atoms with Gasteiger partial charge in [-0.05, 0) is 25.9 Å². The molecule has 0 rings (SSSR count). The highest BCUT2D eigenvalue weighted by Gasteiger charge is 1.96. The van der Waals surface area contributed by atoms with Crippen LogP contribution in [0.4, 0.5) is 0 Å². The van der Waals surface area contributed by atoms with Crippen molar-refractivity contribution < 1.29 is 5.11 Å². The van der Waals surface area contributed by atoms with Crippen molar-refractivity contribution in [2.45, 2.75) is 109 Å². The smallest absolute Gasteiger partial charge is 0.103 e. The Balaban J connectivity index is 2.94. The highest BCUT2D eigenvalue weighted by molar-refractivity contribution is 4.53. The molecule has 3 nitrogen and oxygen atoms in total. The Morgan fingerprint density at radius 3 is 1.50 bits per heavy atom. The van der Waals surface area contributed by atoms with Crippen molar-refractivity contribution in [3.8, 4) is 0 Å².